The number of halogens is 1. The van der Waals surface area contributed by atoms with Crippen molar-refractivity contribution in [2.75, 3.05) is 36.0 Å². The zero-order chi connectivity index (χ0) is 17.4. The van der Waals surface area contributed by atoms with Gasteiger partial charge in [0, 0.05) is 43.4 Å². The summed E-state index contributed by atoms with van der Waals surface area (Å²) in [6.45, 7) is 7.90. The molecule has 0 N–H and O–H groups in total. The number of hydrogen-bond acceptors (Lipinski definition) is 6. The summed E-state index contributed by atoms with van der Waals surface area (Å²) in [6.07, 6.45) is 6.73. The number of hydrogen-bond donors (Lipinski definition) is 0. The van der Waals surface area contributed by atoms with E-state index in [1.807, 2.05) is 0 Å². The Balaban J connectivity index is 1.53. The highest BCUT2D eigenvalue weighted by Crippen LogP contribution is 2.39. The van der Waals surface area contributed by atoms with Crippen LogP contribution in [0.2, 0.25) is 5.02 Å². The quantitative estimate of drug-likeness (QED) is 0.837. The first kappa shape index (κ1) is 16.5. The van der Waals surface area contributed by atoms with Gasteiger partial charge in [0.2, 0.25) is 5.95 Å². The van der Waals surface area contributed by atoms with Crippen LogP contribution in [0.15, 0.2) is 12.4 Å². The molecule has 6 nitrogen and oxygen atoms in total. The van der Waals surface area contributed by atoms with Crippen LogP contribution in [0, 0.1) is 6.92 Å². The topological polar surface area (TPSA) is 58.0 Å². The molecule has 132 valence electrons. The van der Waals surface area contributed by atoms with Gasteiger partial charge in [0.05, 0.1) is 17.4 Å². The van der Waals surface area contributed by atoms with Crippen LogP contribution in [-0.4, -0.2) is 46.1 Å². The fourth-order valence-electron chi connectivity index (χ4n) is 3.39. The van der Waals surface area contributed by atoms with Gasteiger partial charge in [-0.25, -0.2) is 19.9 Å². The van der Waals surface area contributed by atoms with E-state index in [4.69, 9.17) is 21.6 Å². The Bertz CT molecular complexity index is 751. The Kier molecular flexibility index (Phi) is 4.46. The SMILES string of the molecule is CCc1c(C)nc(C2CC2)nc1N1CCN(c2ncc(Cl)cn2)CC1. The molecule has 2 fully saturated rings. The second-order valence-electron chi connectivity index (χ2n) is 6.77. The number of nitrogens with zero attached hydrogens (tertiary/aromatic N) is 6. The van der Waals surface area contributed by atoms with E-state index in [0.717, 1.165) is 55.9 Å². The molecule has 0 unspecified atom stereocenters. The van der Waals surface area contributed by atoms with Crippen LogP contribution in [0.1, 0.15) is 42.8 Å². The third-order valence-electron chi connectivity index (χ3n) is 4.97. The molecule has 0 aromatic carbocycles. The lowest BCUT2D eigenvalue weighted by Gasteiger charge is -2.36. The van der Waals surface area contributed by atoms with Crippen molar-refractivity contribution in [3.05, 3.63) is 34.5 Å². The summed E-state index contributed by atoms with van der Waals surface area (Å²) in [7, 11) is 0. The fourth-order valence-corrected chi connectivity index (χ4v) is 3.49. The van der Waals surface area contributed by atoms with E-state index >= 15 is 0 Å². The van der Waals surface area contributed by atoms with Gasteiger partial charge in [-0.3, -0.25) is 0 Å². The molecule has 0 radical (unpaired) electrons. The first-order valence-corrected chi connectivity index (χ1v) is 9.38. The monoisotopic (exact) mass is 358 g/mol. The molecule has 4 rings (SSSR count). The molecule has 3 heterocycles. The third kappa shape index (κ3) is 3.40. The lowest BCUT2D eigenvalue weighted by atomic mass is 10.1. The minimum atomic E-state index is 0.569. The standard InChI is InChI=1S/C18H23ClN6/c1-3-15-12(2)22-16(13-4-5-13)23-17(15)24-6-8-25(9-7-24)18-20-10-14(19)11-21-18/h10-11,13H,3-9H2,1-2H3. The largest absolute Gasteiger partial charge is 0.353 e. The highest BCUT2D eigenvalue weighted by atomic mass is 35.5. The number of aromatic nitrogens is 4. The number of aryl methyl sites for hydroxylation is 1. The van der Waals surface area contributed by atoms with Crippen molar-refractivity contribution in [3.8, 4) is 0 Å². The molecule has 0 bridgehead atoms. The Morgan fingerprint density at radius 3 is 2.28 bits per heavy atom. The molecule has 2 aromatic rings. The second-order valence-corrected chi connectivity index (χ2v) is 7.21. The van der Waals surface area contributed by atoms with E-state index in [1.165, 1.54) is 18.4 Å². The van der Waals surface area contributed by atoms with E-state index in [9.17, 15) is 0 Å². The minimum absolute atomic E-state index is 0.569. The second kappa shape index (κ2) is 6.75. The molecule has 0 amide bonds. The maximum atomic E-state index is 5.88. The summed E-state index contributed by atoms with van der Waals surface area (Å²) in [6, 6.07) is 0. The molecule has 25 heavy (non-hydrogen) atoms. The molecule has 1 aliphatic carbocycles. The van der Waals surface area contributed by atoms with Crippen LogP contribution < -0.4 is 9.80 Å². The smallest absolute Gasteiger partial charge is 0.225 e. The van der Waals surface area contributed by atoms with Crippen LogP contribution in [0.5, 0.6) is 0 Å². The maximum Gasteiger partial charge on any atom is 0.225 e. The van der Waals surface area contributed by atoms with E-state index in [2.05, 4.69) is 33.6 Å². The van der Waals surface area contributed by atoms with Crippen molar-refractivity contribution in [2.45, 2.75) is 39.0 Å². The summed E-state index contributed by atoms with van der Waals surface area (Å²) < 4.78 is 0. The van der Waals surface area contributed by atoms with Gasteiger partial charge in [-0.2, -0.15) is 0 Å². The maximum absolute atomic E-state index is 5.88. The minimum Gasteiger partial charge on any atom is -0.353 e. The van der Waals surface area contributed by atoms with Gasteiger partial charge < -0.3 is 9.80 Å². The summed E-state index contributed by atoms with van der Waals surface area (Å²) in [4.78, 5) is 23.0. The van der Waals surface area contributed by atoms with Crippen molar-refractivity contribution >= 4 is 23.4 Å². The van der Waals surface area contributed by atoms with Crippen molar-refractivity contribution in [1.82, 2.24) is 19.9 Å². The lowest BCUT2D eigenvalue weighted by Crippen LogP contribution is -2.47. The zero-order valence-electron chi connectivity index (χ0n) is 14.7. The average Bonchev–Trinajstić information content (AvgIpc) is 3.47. The highest BCUT2D eigenvalue weighted by Gasteiger charge is 2.29. The van der Waals surface area contributed by atoms with E-state index in [1.54, 1.807) is 12.4 Å². The molecule has 0 spiro atoms. The predicted octanol–water partition coefficient (Wildman–Crippen LogP) is 2.99. The number of piperazine rings is 1. The molecule has 0 atom stereocenters. The Hall–Kier alpha value is -1.95. The van der Waals surface area contributed by atoms with Gasteiger partial charge in [0.1, 0.15) is 11.6 Å². The Labute approximate surface area is 153 Å². The zero-order valence-corrected chi connectivity index (χ0v) is 15.5. The van der Waals surface area contributed by atoms with Gasteiger partial charge >= 0.3 is 0 Å². The Morgan fingerprint density at radius 2 is 1.68 bits per heavy atom. The number of anilines is 2. The van der Waals surface area contributed by atoms with Crippen molar-refractivity contribution in [1.29, 1.82) is 0 Å². The lowest BCUT2D eigenvalue weighted by molar-refractivity contribution is 0.628. The van der Waals surface area contributed by atoms with Crippen LogP contribution in [0.3, 0.4) is 0 Å². The fraction of sp³-hybridized carbons (Fsp3) is 0.556. The molecule has 1 saturated carbocycles. The summed E-state index contributed by atoms with van der Waals surface area (Å²) in [5, 5.41) is 0.569. The third-order valence-corrected chi connectivity index (χ3v) is 5.17. The van der Waals surface area contributed by atoms with Gasteiger partial charge in [0.15, 0.2) is 0 Å². The van der Waals surface area contributed by atoms with E-state index in [0.29, 0.717) is 10.9 Å². The molecule has 7 heteroatoms. The van der Waals surface area contributed by atoms with E-state index in [-0.39, 0.29) is 0 Å². The van der Waals surface area contributed by atoms with Crippen molar-refractivity contribution in [3.63, 3.8) is 0 Å². The summed E-state index contributed by atoms with van der Waals surface area (Å²) in [5.74, 6) is 3.49. The number of rotatable bonds is 4. The van der Waals surface area contributed by atoms with Crippen LogP contribution in [0.4, 0.5) is 11.8 Å². The highest BCUT2D eigenvalue weighted by molar-refractivity contribution is 6.30. The van der Waals surface area contributed by atoms with Crippen LogP contribution >= 0.6 is 11.6 Å². The molecular formula is C18H23ClN6. The average molecular weight is 359 g/mol. The van der Waals surface area contributed by atoms with E-state index < -0.39 is 0 Å². The van der Waals surface area contributed by atoms with Gasteiger partial charge in [-0.05, 0) is 26.2 Å². The summed E-state index contributed by atoms with van der Waals surface area (Å²) in [5.41, 5.74) is 2.42. The first-order chi connectivity index (χ1) is 12.2. The predicted molar refractivity (Wildman–Crippen MR) is 99.6 cm³/mol. The molecule has 1 saturated heterocycles. The molecular weight excluding hydrogens is 336 g/mol. The normalized spacial score (nSPS) is 17.9. The van der Waals surface area contributed by atoms with Crippen LogP contribution in [-0.2, 0) is 6.42 Å². The van der Waals surface area contributed by atoms with Crippen molar-refractivity contribution < 1.29 is 0 Å². The van der Waals surface area contributed by atoms with Gasteiger partial charge in [-0.1, -0.05) is 18.5 Å². The van der Waals surface area contributed by atoms with Gasteiger partial charge in [-0.15, -0.1) is 0 Å². The molecule has 2 aromatic heterocycles. The summed E-state index contributed by atoms with van der Waals surface area (Å²) >= 11 is 5.88. The Morgan fingerprint density at radius 1 is 1.04 bits per heavy atom. The van der Waals surface area contributed by atoms with Crippen LogP contribution in [0.25, 0.3) is 0 Å². The molecule has 1 aliphatic heterocycles. The first-order valence-electron chi connectivity index (χ1n) is 9.00. The molecule has 2 aliphatic rings. The van der Waals surface area contributed by atoms with Crippen molar-refractivity contribution in [2.24, 2.45) is 0 Å². The van der Waals surface area contributed by atoms with Gasteiger partial charge in [0.25, 0.3) is 0 Å².